The minimum atomic E-state index is -0.0638. The number of aromatic nitrogens is 3. The number of anilines is 2. The predicted molar refractivity (Wildman–Crippen MR) is 116 cm³/mol. The fraction of sp³-hybridized carbons (Fsp3) is 0.333. The summed E-state index contributed by atoms with van der Waals surface area (Å²) in [5.74, 6) is 1.90. The topological polar surface area (TPSA) is 71.0 Å². The van der Waals surface area contributed by atoms with E-state index < -0.39 is 0 Å². The van der Waals surface area contributed by atoms with Crippen molar-refractivity contribution in [2.75, 3.05) is 11.9 Å². The van der Waals surface area contributed by atoms with Gasteiger partial charge in [-0.2, -0.15) is 0 Å². The molecule has 0 spiro atoms. The summed E-state index contributed by atoms with van der Waals surface area (Å²) in [6, 6.07) is 15.8. The summed E-state index contributed by atoms with van der Waals surface area (Å²) in [4.78, 5) is 29.0. The number of para-hydroxylation sites is 1. The van der Waals surface area contributed by atoms with Crippen LogP contribution >= 0.6 is 0 Å². The van der Waals surface area contributed by atoms with Crippen LogP contribution < -0.4 is 5.32 Å². The van der Waals surface area contributed by atoms with Crippen molar-refractivity contribution in [1.82, 2.24) is 19.9 Å². The van der Waals surface area contributed by atoms with Crippen LogP contribution in [0.1, 0.15) is 44.0 Å². The van der Waals surface area contributed by atoms with Gasteiger partial charge in [0.25, 0.3) is 0 Å². The van der Waals surface area contributed by atoms with E-state index in [-0.39, 0.29) is 17.9 Å². The van der Waals surface area contributed by atoms with Crippen LogP contribution in [0.2, 0.25) is 0 Å². The first-order valence-corrected chi connectivity index (χ1v) is 10.7. The lowest BCUT2D eigenvalue weighted by molar-refractivity contribution is -0.139. The summed E-state index contributed by atoms with van der Waals surface area (Å²) in [6.07, 6.45) is 8.64. The quantitative estimate of drug-likeness (QED) is 0.671. The molecule has 3 aromatic rings. The number of hydrogen-bond donors (Lipinski definition) is 1. The highest BCUT2D eigenvalue weighted by Gasteiger charge is 2.37. The lowest BCUT2D eigenvalue weighted by Gasteiger charge is -2.32. The molecule has 0 bridgehead atoms. The monoisotopic (exact) mass is 399 g/mol. The van der Waals surface area contributed by atoms with Crippen molar-refractivity contribution in [2.24, 2.45) is 5.92 Å². The molecule has 2 fully saturated rings. The Morgan fingerprint density at radius 2 is 1.87 bits per heavy atom. The van der Waals surface area contributed by atoms with Gasteiger partial charge in [-0.15, -0.1) is 0 Å². The first-order chi connectivity index (χ1) is 14.8. The molecule has 1 aromatic carbocycles. The van der Waals surface area contributed by atoms with E-state index in [9.17, 15) is 4.79 Å². The van der Waals surface area contributed by atoms with Gasteiger partial charge in [-0.3, -0.25) is 9.78 Å². The fourth-order valence-electron chi connectivity index (χ4n) is 4.20. The van der Waals surface area contributed by atoms with Crippen molar-refractivity contribution < 1.29 is 4.79 Å². The molecule has 1 saturated heterocycles. The van der Waals surface area contributed by atoms with Crippen LogP contribution in [-0.4, -0.2) is 32.3 Å². The maximum Gasteiger partial charge on any atom is 0.226 e. The summed E-state index contributed by atoms with van der Waals surface area (Å²) in [7, 11) is 0. The molecular formula is C24H25N5O. The van der Waals surface area contributed by atoms with E-state index in [1.165, 1.54) is 0 Å². The molecule has 1 amide bonds. The van der Waals surface area contributed by atoms with Gasteiger partial charge in [0.1, 0.15) is 5.82 Å². The van der Waals surface area contributed by atoms with Crippen molar-refractivity contribution in [1.29, 1.82) is 0 Å². The van der Waals surface area contributed by atoms with Crippen molar-refractivity contribution in [3.63, 3.8) is 0 Å². The summed E-state index contributed by atoms with van der Waals surface area (Å²) in [5, 5.41) is 3.39. The molecular weight excluding hydrogens is 374 g/mol. The Bertz CT molecular complexity index is 1020. The van der Waals surface area contributed by atoms with Gasteiger partial charge in [0, 0.05) is 42.2 Å². The third-order valence-corrected chi connectivity index (χ3v) is 6.04. The molecule has 1 aliphatic heterocycles. The Labute approximate surface area is 176 Å². The lowest BCUT2D eigenvalue weighted by Crippen LogP contribution is -2.38. The van der Waals surface area contributed by atoms with E-state index in [4.69, 9.17) is 9.97 Å². The average molecular weight is 399 g/mol. The minimum absolute atomic E-state index is 0.0638. The normalized spacial score (nSPS) is 18.8. The number of amides is 1. The molecule has 3 heterocycles. The molecule has 2 aliphatic rings. The summed E-state index contributed by atoms with van der Waals surface area (Å²) in [6.45, 7) is 0.794. The standard InChI is InChI=1S/C24H25N5O/c30-24(17-7-4-8-17)29-14-6-12-21(29)23-27-20(18-9-5-13-25-16-18)15-22(28-23)26-19-10-2-1-3-11-19/h1-3,5,9-11,13,15-17,21H,4,6-8,12,14H2,(H,26,27,28)/t21-/m0/s1. The van der Waals surface area contributed by atoms with Gasteiger partial charge in [0.05, 0.1) is 11.7 Å². The molecule has 1 saturated carbocycles. The average Bonchev–Trinajstić information content (AvgIpc) is 3.24. The van der Waals surface area contributed by atoms with Crippen molar-refractivity contribution in [2.45, 2.75) is 38.1 Å². The molecule has 6 heteroatoms. The Morgan fingerprint density at radius 3 is 2.60 bits per heavy atom. The maximum atomic E-state index is 13.0. The molecule has 152 valence electrons. The van der Waals surface area contributed by atoms with Gasteiger partial charge in [0.15, 0.2) is 5.82 Å². The number of carbonyl (C=O) groups is 1. The number of benzene rings is 1. The zero-order valence-electron chi connectivity index (χ0n) is 16.9. The van der Waals surface area contributed by atoms with E-state index >= 15 is 0 Å². The first-order valence-electron chi connectivity index (χ1n) is 10.7. The number of likely N-dealkylation sites (tertiary alicyclic amines) is 1. The largest absolute Gasteiger partial charge is 0.340 e. The second kappa shape index (κ2) is 8.22. The first kappa shape index (κ1) is 18.7. The van der Waals surface area contributed by atoms with Crippen LogP contribution in [0.15, 0.2) is 60.9 Å². The molecule has 5 rings (SSSR count). The fourth-order valence-corrected chi connectivity index (χ4v) is 4.20. The molecule has 0 radical (unpaired) electrons. The van der Waals surface area contributed by atoms with E-state index in [1.807, 2.05) is 59.6 Å². The number of carbonyl (C=O) groups excluding carboxylic acids is 1. The van der Waals surface area contributed by atoms with Gasteiger partial charge in [0.2, 0.25) is 5.91 Å². The van der Waals surface area contributed by atoms with Gasteiger partial charge in [-0.25, -0.2) is 9.97 Å². The number of hydrogen-bond acceptors (Lipinski definition) is 5. The van der Waals surface area contributed by atoms with E-state index in [1.54, 1.807) is 6.20 Å². The summed E-state index contributed by atoms with van der Waals surface area (Å²) in [5.41, 5.74) is 2.72. The van der Waals surface area contributed by atoms with Crippen LogP contribution in [0.5, 0.6) is 0 Å². The zero-order valence-corrected chi connectivity index (χ0v) is 16.9. The molecule has 6 nitrogen and oxygen atoms in total. The molecule has 0 unspecified atom stereocenters. The molecule has 1 aliphatic carbocycles. The van der Waals surface area contributed by atoms with Crippen molar-refractivity contribution in [3.05, 3.63) is 66.7 Å². The second-order valence-electron chi connectivity index (χ2n) is 8.05. The van der Waals surface area contributed by atoms with E-state index in [0.29, 0.717) is 5.82 Å². The highest BCUT2D eigenvalue weighted by Crippen LogP contribution is 2.37. The third kappa shape index (κ3) is 3.77. The lowest BCUT2D eigenvalue weighted by atomic mass is 9.84. The summed E-state index contributed by atoms with van der Waals surface area (Å²) >= 11 is 0. The highest BCUT2D eigenvalue weighted by atomic mass is 16.2. The Hall–Kier alpha value is -3.28. The van der Waals surface area contributed by atoms with Crippen LogP contribution in [0.4, 0.5) is 11.5 Å². The Morgan fingerprint density at radius 1 is 1.00 bits per heavy atom. The second-order valence-corrected chi connectivity index (χ2v) is 8.05. The number of rotatable bonds is 5. The number of pyridine rings is 1. The SMILES string of the molecule is O=C(C1CCC1)N1CCC[C@H]1c1nc(Nc2ccccc2)cc(-c2cccnc2)n1. The minimum Gasteiger partial charge on any atom is -0.340 e. The van der Waals surface area contributed by atoms with Gasteiger partial charge in [-0.1, -0.05) is 24.6 Å². The van der Waals surface area contributed by atoms with Crippen LogP contribution in [0.3, 0.4) is 0 Å². The van der Waals surface area contributed by atoms with E-state index in [0.717, 1.165) is 61.4 Å². The predicted octanol–water partition coefficient (Wildman–Crippen LogP) is 4.75. The molecule has 1 N–H and O–H groups in total. The number of nitrogens with zero attached hydrogens (tertiary/aromatic N) is 4. The van der Waals surface area contributed by atoms with E-state index in [2.05, 4.69) is 10.3 Å². The summed E-state index contributed by atoms with van der Waals surface area (Å²) < 4.78 is 0. The number of nitrogens with one attached hydrogen (secondary N) is 1. The Balaban J connectivity index is 1.51. The van der Waals surface area contributed by atoms with Crippen LogP contribution in [0.25, 0.3) is 11.3 Å². The van der Waals surface area contributed by atoms with Crippen molar-refractivity contribution >= 4 is 17.4 Å². The van der Waals surface area contributed by atoms with Gasteiger partial charge < -0.3 is 10.2 Å². The molecule has 30 heavy (non-hydrogen) atoms. The van der Waals surface area contributed by atoms with Crippen LogP contribution in [-0.2, 0) is 4.79 Å². The van der Waals surface area contributed by atoms with Gasteiger partial charge >= 0.3 is 0 Å². The van der Waals surface area contributed by atoms with Crippen LogP contribution in [0, 0.1) is 5.92 Å². The Kier molecular flexibility index (Phi) is 5.13. The molecule has 2 aromatic heterocycles. The molecule has 1 atom stereocenters. The van der Waals surface area contributed by atoms with Crippen molar-refractivity contribution in [3.8, 4) is 11.3 Å². The maximum absolute atomic E-state index is 13.0. The smallest absolute Gasteiger partial charge is 0.226 e. The zero-order chi connectivity index (χ0) is 20.3. The highest BCUT2D eigenvalue weighted by molar-refractivity contribution is 5.80. The van der Waals surface area contributed by atoms with Gasteiger partial charge in [-0.05, 0) is 49.9 Å². The third-order valence-electron chi connectivity index (χ3n) is 6.04.